The summed E-state index contributed by atoms with van der Waals surface area (Å²) in [4.78, 5) is 13.1. The Labute approximate surface area is 93.2 Å². The minimum atomic E-state index is -0.288. The topological polar surface area (TPSA) is 58.4 Å². The van der Waals surface area contributed by atoms with Gasteiger partial charge in [0.1, 0.15) is 5.82 Å². The molecule has 0 spiro atoms. The number of hydrogen-bond donors (Lipinski definition) is 2. The molecular formula is C11H14FN3O. The fraction of sp³-hybridized carbons (Fsp3) is 0.364. The van der Waals surface area contributed by atoms with Crippen molar-refractivity contribution in [3.63, 3.8) is 0 Å². The molecule has 1 aliphatic rings. The summed E-state index contributed by atoms with van der Waals surface area (Å²) >= 11 is 0. The molecule has 1 aliphatic heterocycles. The second-order valence-electron chi connectivity index (χ2n) is 3.79. The molecule has 0 saturated carbocycles. The first-order valence-electron chi connectivity index (χ1n) is 5.21. The number of nitrogens with zero attached hydrogens (tertiary/aromatic N) is 1. The smallest absolute Gasteiger partial charge is 0.318 e. The summed E-state index contributed by atoms with van der Waals surface area (Å²) in [7, 11) is 0. The third-order valence-electron chi connectivity index (χ3n) is 2.64. The van der Waals surface area contributed by atoms with Crippen LogP contribution in [0, 0.1) is 5.82 Å². The minimum Gasteiger partial charge on any atom is -0.329 e. The van der Waals surface area contributed by atoms with Crippen LogP contribution in [0.15, 0.2) is 24.3 Å². The molecule has 1 heterocycles. The number of amides is 2. The van der Waals surface area contributed by atoms with Gasteiger partial charge in [-0.3, -0.25) is 0 Å². The van der Waals surface area contributed by atoms with Crippen molar-refractivity contribution >= 4 is 6.03 Å². The SMILES string of the molecule is NCCN1CC(c2cccc(F)c2)NC1=O. The zero-order chi connectivity index (χ0) is 11.5. The first-order valence-corrected chi connectivity index (χ1v) is 5.21. The minimum absolute atomic E-state index is 0.139. The van der Waals surface area contributed by atoms with Gasteiger partial charge in [-0.2, -0.15) is 0 Å². The molecule has 5 heteroatoms. The van der Waals surface area contributed by atoms with E-state index in [0.29, 0.717) is 19.6 Å². The van der Waals surface area contributed by atoms with E-state index in [4.69, 9.17) is 5.73 Å². The van der Waals surface area contributed by atoms with Crippen LogP contribution in [-0.4, -0.2) is 30.6 Å². The predicted molar refractivity (Wildman–Crippen MR) is 58.3 cm³/mol. The van der Waals surface area contributed by atoms with Crippen molar-refractivity contribution in [3.8, 4) is 0 Å². The van der Waals surface area contributed by atoms with E-state index in [2.05, 4.69) is 5.32 Å². The maximum absolute atomic E-state index is 13.0. The Balaban J connectivity index is 2.10. The Morgan fingerprint density at radius 3 is 3.06 bits per heavy atom. The van der Waals surface area contributed by atoms with Crippen molar-refractivity contribution in [3.05, 3.63) is 35.6 Å². The summed E-state index contributed by atoms with van der Waals surface area (Å²) in [6, 6.07) is 5.99. The van der Waals surface area contributed by atoms with Gasteiger partial charge in [0.2, 0.25) is 0 Å². The lowest BCUT2D eigenvalue weighted by Gasteiger charge is -2.12. The molecule has 1 unspecified atom stereocenters. The van der Waals surface area contributed by atoms with Gasteiger partial charge in [0, 0.05) is 19.6 Å². The average Bonchev–Trinajstić information content (AvgIpc) is 2.61. The van der Waals surface area contributed by atoms with Crippen molar-refractivity contribution in [1.82, 2.24) is 10.2 Å². The highest BCUT2D eigenvalue weighted by Gasteiger charge is 2.28. The monoisotopic (exact) mass is 223 g/mol. The molecule has 1 aromatic rings. The lowest BCUT2D eigenvalue weighted by molar-refractivity contribution is 0.218. The highest BCUT2D eigenvalue weighted by molar-refractivity contribution is 5.77. The molecule has 1 atom stereocenters. The number of halogens is 1. The summed E-state index contributed by atoms with van der Waals surface area (Å²) in [5.41, 5.74) is 6.18. The molecule has 4 nitrogen and oxygen atoms in total. The van der Waals surface area contributed by atoms with Gasteiger partial charge in [-0.15, -0.1) is 0 Å². The van der Waals surface area contributed by atoms with Crippen molar-refractivity contribution in [2.24, 2.45) is 5.73 Å². The Morgan fingerprint density at radius 2 is 2.38 bits per heavy atom. The van der Waals surface area contributed by atoms with E-state index in [1.165, 1.54) is 12.1 Å². The van der Waals surface area contributed by atoms with Gasteiger partial charge < -0.3 is 16.0 Å². The molecular weight excluding hydrogens is 209 g/mol. The number of nitrogens with one attached hydrogen (secondary N) is 1. The van der Waals surface area contributed by atoms with Crippen LogP contribution in [-0.2, 0) is 0 Å². The molecule has 16 heavy (non-hydrogen) atoms. The zero-order valence-corrected chi connectivity index (χ0v) is 8.82. The van der Waals surface area contributed by atoms with Gasteiger partial charge in [-0.05, 0) is 17.7 Å². The molecule has 1 saturated heterocycles. The molecule has 86 valence electrons. The maximum Gasteiger partial charge on any atom is 0.318 e. The molecule has 0 radical (unpaired) electrons. The summed E-state index contributed by atoms with van der Waals surface area (Å²) < 4.78 is 13.0. The molecule has 3 N–H and O–H groups in total. The van der Waals surface area contributed by atoms with Gasteiger partial charge in [0.25, 0.3) is 0 Å². The van der Waals surface area contributed by atoms with Gasteiger partial charge >= 0.3 is 6.03 Å². The zero-order valence-electron chi connectivity index (χ0n) is 8.82. The number of nitrogens with two attached hydrogens (primary N) is 1. The lowest BCUT2D eigenvalue weighted by Crippen LogP contribution is -2.32. The van der Waals surface area contributed by atoms with E-state index in [-0.39, 0.29) is 17.9 Å². The van der Waals surface area contributed by atoms with Gasteiger partial charge in [0.05, 0.1) is 6.04 Å². The van der Waals surface area contributed by atoms with Crippen LogP contribution in [0.25, 0.3) is 0 Å². The largest absolute Gasteiger partial charge is 0.329 e. The van der Waals surface area contributed by atoms with E-state index in [1.54, 1.807) is 17.0 Å². The van der Waals surface area contributed by atoms with Crippen LogP contribution in [0.3, 0.4) is 0 Å². The molecule has 2 rings (SSSR count). The Bertz CT molecular complexity index is 397. The molecule has 2 amide bonds. The Morgan fingerprint density at radius 1 is 1.56 bits per heavy atom. The highest BCUT2D eigenvalue weighted by Crippen LogP contribution is 2.20. The molecule has 0 bridgehead atoms. The number of carbonyl (C=O) groups is 1. The summed E-state index contributed by atoms with van der Waals surface area (Å²) in [6.45, 7) is 1.50. The fourth-order valence-corrected chi connectivity index (χ4v) is 1.85. The number of rotatable bonds is 3. The number of benzene rings is 1. The number of carbonyl (C=O) groups excluding carboxylic acids is 1. The summed E-state index contributed by atoms with van der Waals surface area (Å²) in [5.74, 6) is -0.288. The van der Waals surface area contributed by atoms with Crippen molar-refractivity contribution in [2.75, 3.05) is 19.6 Å². The van der Waals surface area contributed by atoms with E-state index in [9.17, 15) is 9.18 Å². The van der Waals surface area contributed by atoms with Crippen LogP contribution in [0.5, 0.6) is 0 Å². The highest BCUT2D eigenvalue weighted by atomic mass is 19.1. The van der Waals surface area contributed by atoms with E-state index in [0.717, 1.165) is 5.56 Å². The Hall–Kier alpha value is -1.62. The fourth-order valence-electron chi connectivity index (χ4n) is 1.85. The second kappa shape index (κ2) is 4.49. The molecule has 0 aliphatic carbocycles. The molecule has 1 fully saturated rings. The van der Waals surface area contributed by atoms with Crippen LogP contribution in [0.1, 0.15) is 11.6 Å². The van der Waals surface area contributed by atoms with Crippen molar-refractivity contribution in [2.45, 2.75) is 6.04 Å². The normalized spacial score (nSPS) is 20.0. The van der Waals surface area contributed by atoms with Crippen LogP contribution in [0.4, 0.5) is 9.18 Å². The maximum atomic E-state index is 13.0. The van der Waals surface area contributed by atoms with Gasteiger partial charge in [0.15, 0.2) is 0 Å². The van der Waals surface area contributed by atoms with Crippen LogP contribution >= 0.6 is 0 Å². The summed E-state index contributed by atoms with van der Waals surface area (Å²) in [5, 5.41) is 2.80. The molecule has 0 aromatic heterocycles. The Kier molecular flexibility index (Phi) is 3.05. The third kappa shape index (κ3) is 2.14. The third-order valence-corrected chi connectivity index (χ3v) is 2.64. The molecule has 1 aromatic carbocycles. The van der Waals surface area contributed by atoms with Crippen molar-refractivity contribution in [1.29, 1.82) is 0 Å². The van der Waals surface area contributed by atoms with Gasteiger partial charge in [-0.25, -0.2) is 9.18 Å². The standard InChI is InChI=1S/C11H14FN3O/c12-9-3-1-2-8(6-9)10-7-15(5-4-13)11(16)14-10/h1-3,6,10H,4-5,7,13H2,(H,14,16). The van der Waals surface area contributed by atoms with E-state index < -0.39 is 0 Å². The van der Waals surface area contributed by atoms with Crippen LogP contribution < -0.4 is 11.1 Å². The van der Waals surface area contributed by atoms with Crippen molar-refractivity contribution < 1.29 is 9.18 Å². The van der Waals surface area contributed by atoms with Gasteiger partial charge in [-0.1, -0.05) is 12.1 Å². The predicted octanol–water partition coefficient (Wildman–Crippen LogP) is 0.851. The second-order valence-corrected chi connectivity index (χ2v) is 3.79. The number of urea groups is 1. The quantitative estimate of drug-likeness (QED) is 0.798. The summed E-state index contributed by atoms with van der Waals surface area (Å²) in [6.07, 6.45) is 0. The van der Waals surface area contributed by atoms with E-state index in [1.807, 2.05) is 0 Å². The van der Waals surface area contributed by atoms with E-state index >= 15 is 0 Å². The first-order chi connectivity index (χ1) is 7.70. The van der Waals surface area contributed by atoms with Crippen LogP contribution in [0.2, 0.25) is 0 Å². The average molecular weight is 223 g/mol. The lowest BCUT2D eigenvalue weighted by atomic mass is 10.1. The number of hydrogen-bond acceptors (Lipinski definition) is 2. The first kappa shape index (κ1) is 10.9.